The lowest BCUT2D eigenvalue weighted by atomic mass is 10.1. The van der Waals surface area contributed by atoms with Crippen LogP contribution in [0.2, 0.25) is 5.02 Å². The molecule has 1 heterocycles. The fraction of sp³-hybridized carbons (Fsp3) is 0.292. The Bertz CT molecular complexity index is 1140. The van der Waals surface area contributed by atoms with Gasteiger partial charge < -0.3 is 13.5 Å². The Balaban J connectivity index is 1.75. The lowest BCUT2D eigenvalue weighted by molar-refractivity contribution is -0.133. The molecule has 0 aliphatic heterocycles. The Labute approximate surface area is 193 Å². The zero-order valence-electron chi connectivity index (χ0n) is 18.2. The highest BCUT2D eigenvalue weighted by Gasteiger charge is 2.23. The van der Waals surface area contributed by atoms with Crippen LogP contribution < -0.4 is 4.18 Å². The molecule has 2 aromatic carbocycles. The van der Waals surface area contributed by atoms with E-state index in [1.807, 2.05) is 19.9 Å². The Morgan fingerprint density at radius 3 is 2.38 bits per heavy atom. The summed E-state index contributed by atoms with van der Waals surface area (Å²) in [6.07, 6.45) is 2.01. The second-order valence-corrected chi connectivity index (χ2v) is 9.88. The fourth-order valence-electron chi connectivity index (χ4n) is 3.27. The zero-order chi connectivity index (χ0) is 23.3. The molecule has 8 heteroatoms. The van der Waals surface area contributed by atoms with Gasteiger partial charge in [0.2, 0.25) is 5.91 Å². The van der Waals surface area contributed by atoms with Crippen LogP contribution in [0.4, 0.5) is 0 Å². The fourth-order valence-corrected chi connectivity index (χ4v) is 5.00. The summed E-state index contributed by atoms with van der Waals surface area (Å²) in [5, 5.41) is 0.110. The van der Waals surface area contributed by atoms with Gasteiger partial charge in [0, 0.05) is 13.0 Å². The highest BCUT2D eigenvalue weighted by atomic mass is 35.5. The molecule has 3 aromatic rings. The summed E-state index contributed by atoms with van der Waals surface area (Å²) in [4.78, 5) is 14.4. The van der Waals surface area contributed by atoms with Crippen LogP contribution in [0.15, 0.2) is 70.2 Å². The number of halogens is 1. The number of nitrogens with zero attached hydrogens (tertiary/aromatic N) is 1. The van der Waals surface area contributed by atoms with E-state index in [0.717, 1.165) is 5.56 Å². The van der Waals surface area contributed by atoms with Crippen LogP contribution in [0, 0.1) is 12.8 Å². The number of hydrogen-bond acceptors (Lipinski definition) is 5. The summed E-state index contributed by atoms with van der Waals surface area (Å²) in [6, 6.07) is 15.1. The molecule has 0 atom stereocenters. The first kappa shape index (κ1) is 23.9. The number of rotatable bonds is 9. The topological polar surface area (TPSA) is 76.8 Å². The molecule has 0 aliphatic rings. The van der Waals surface area contributed by atoms with Gasteiger partial charge in [0.15, 0.2) is 0 Å². The number of aryl methyl sites for hydroxylation is 1. The van der Waals surface area contributed by atoms with Crippen LogP contribution in [0.25, 0.3) is 0 Å². The van der Waals surface area contributed by atoms with Crippen molar-refractivity contribution in [2.24, 2.45) is 5.92 Å². The van der Waals surface area contributed by atoms with Gasteiger partial charge in [0.1, 0.15) is 16.4 Å². The molecule has 0 N–H and O–H groups in total. The number of benzene rings is 2. The Morgan fingerprint density at radius 2 is 1.78 bits per heavy atom. The monoisotopic (exact) mass is 475 g/mol. The van der Waals surface area contributed by atoms with E-state index in [0.29, 0.717) is 30.8 Å². The van der Waals surface area contributed by atoms with Gasteiger partial charge in [-0.05, 0) is 54.3 Å². The van der Waals surface area contributed by atoms with Crippen LogP contribution in [-0.2, 0) is 28.0 Å². The molecule has 1 amide bonds. The first-order valence-electron chi connectivity index (χ1n) is 10.2. The Hall–Kier alpha value is -2.77. The third-order valence-electron chi connectivity index (χ3n) is 4.78. The Morgan fingerprint density at radius 1 is 1.06 bits per heavy atom. The van der Waals surface area contributed by atoms with Crippen molar-refractivity contribution in [1.29, 1.82) is 0 Å². The summed E-state index contributed by atoms with van der Waals surface area (Å²) in [7, 11) is -4.08. The highest BCUT2D eigenvalue weighted by Crippen LogP contribution is 2.28. The van der Waals surface area contributed by atoms with Gasteiger partial charge in [0.05, 0.1) is 17.8 Å². The van der Waals surface area contributed by atoms with Crippen LogP contribution in [0.5, 0.6) is 5.75 Å². The summed E-state index contributed by atoms with van der Waals surface area (Å²) < 4.78 is 36.1. The molecular weight excluding hydrogens is 450 g/mol. The quantitative estimate of drug-likeness (QED) is 0.377. The highest BCUT2D eigenvalue weighted by molar-refractivity contribution is 7.87. The van der Waals surface area contributed by atoms with E-state index < -0.39 is 10.1 Å². The predicted molar refractivity (Wildman–Crippen MR) is 123 cm³/mol. The van der Waals surface area contributed by atoms with E-state index in [2.05, 4.69) is 0 Å². The van der Waals surface area contributed by atoms with Crippen molar-refractivity contribution in [2.45, 2.75) is 45.2 Å². The zero-order valence-corrected chi connectivity index (χ0v) is 19.8. The smallest absolute Gasteiger partial charge is 0.340 e. The van der Waals surface area contributed by atoms with E-state index in [1.54, 1.807) is 60.6 Å². The molecule has 1 aromatic heterocycles. The second-order valence-electron chi connectivity index (χ2n) is 7.99. The molecule has 0 radical (unpaired) electrons. The standard InChI is InChI=1S/C24H26ClNO5S/c1-17(2)14-23(27)26(16-21-7-5-13-30-21)15-19-9-11-20(12-10-19)31-32(28,29)24-18(3)6-4-8-22(24)25/h4-13,17H,14-16H2,1-3H3. The van der Waals surface area contributed by atoms with Gasteiger partial charge in [-0.25, -0.2) is 0 Å². The molecule has 0 saturated carbocycles. The van der Waals surface area contributed by atoms with Gasteiger partial charge >= 0.3 is 10.1 Å². The van der Waals surface area contributed by atoms with Crippen molar-refractivity contribution in [3.05, 3.63) is 82.8 Å². The average Bonchev–Trinajstić information content (AvgIpc) is 3.21. The number of amides is 1. The van der Waals surface area contributed by atoms with Crippen molar-refractivity contribution in [3.8, 4) is 5.75 Å². The first-order chi connectivity index (χ1) is 15.2. The van der Waals surface area contributed by atoms with Crippen LogP contribution in [0.3, 0.4) is 0 Å². The molecule has 6 nitrogen and oxygen atoms in total. The third kappa shape index (κ3) is 6.14. The number of carbonyl (C=O) groups excluding carboxylic acids is 1. The summed E-state index contributed by atoms with van der Waals surface area (Å²) >= 11 is 6.08. The maximum Gasteiger partial charge on any atom is 0.340 e. The van der Waals surface area contributed by atoms with Crippen molar-refractivity contribution >= 4 is 27.6 Å². The van der Waals surface area contributed by atoms with E-state index in [9.17, 15) is 13.2 Å². The molecule has 32 heavy (non-hydrogen) atoms. The van der Waals surface area contributed by atoms with Crippen LogP contribution in [0.1, 0.15) is 37.2 Å². The lowest BCUT2D eigenvalue weighted by Gasteiger charge is -2.23. The molecule has 170 valence electrons. The minimum atomic E-state index is -4.08. The maximum atomic E-state index is 12.7. The van der Waals surface area contributed by atoms with Crippen molar-refractivity contribution in [2.75, 3.05) is 0 Å². The Kier molecular flexibility index (Phi) is 7.64. The van der Waals surface area contributed by atoms with E-state index >= 15 is 0 Å². The van der Waals surface area contributed by atoms with Crippen LogP contribution in [-0.4, -0.2) is 19.2 Å². The van der Waals surface area contributed by atoms with Gasteiger partial charge in [-0.2, -0.15) is 8.42 Å². The third-order valence-corrected chi connectivity index (χ3v) is 6.66. The normalized spacial score (nSPS) is 11.5. The molecule has 0 fully saturated rings. The summed E-state index contributed by atoms with van der Waals surface area (Å²) in [5.41, 5.74) is 1.35. The molecule has 3 rings (SSSR count). The van der Waals surface area contributed by atoms with E-state index in [-0.39, 0.29) is 27.5 Å². The second kappa shape index (κ2) is 10.2. The molecule has 0 bridgehead atoms. The van der Waals surface area contributed by atoms with Crippen molar-refractivity contribution in [1.82, 2.24) is 4.90 Å². The van der Waals surface area contributed by atoms with Crippen molar-refractivity contribution in [3.63, 3.8) is 0 Å². The summed E-state index contributed by atoms with van der Waals surface area (Å²) in [6.45, 7) is 6.37. The number of furan rings is 1. The SMILES string of the molecule is Cc1cccc(Cl)c1S(=O)(=O)Oc1ccc(CN(Cc2ccco2)C(=O)CC(C)C)cc1. The molecule has 0 spiro atoms. The number of carbonyl (C=O) groups is 1. The molecule has 0 saturated heterocycles. The molecule has 0 aliphatic carbocycles. The predicted octanol–water partition coefficient (Wildman–Crippen LogP) is 5.58. The van der Waals surface area contributed by atoms with Crippen LogP contribution >= 0.6 is 11.6 Å². The number of hydrogen-bond donors (Lipinski definition) is 0. The van der Waals surface area contributed by atoms with Gasteiger partial charge in [-0.1, -0.05) is 49.7 Å². The van der Waals surface area contributed by atoms with Gasteiger partial charge in [-0.3, -0.25) is 4.79 Å². The van der Waals surface area contributed by atoms with E-state index in [1.165, 1.54) is 6.07 Å². The first-order valence-corrected chi connectivity index (χ1v) is 12.0. The van der Waals surface area contributed by atoms with Gasteiger partial charge in [-0.15, -0.1) is 0 Å². The van der Waals surface area contributed by atoms with Gasteiger partial charge in [0.25, 0.3) is 0 Å². The minimum Gasteiger partial charge on any atom is -0.467 e. The minimum absolute atomic E-state index is 0.0218. The maximum absolute atomic E-state index is 12.7. The molecule has 0 unspecified atom stereocenters. The lowest BCUT2D eigenvalue weighted by Crippen LogP contribution is -2.30. The van der Waals surface area contributed by atoms with Crippen molar-refractivity contribution < 1.29 is 21.8 Å². The summed E-state index contributed by atoms with van der Waals surface area (Å²) in [5.74, 6) is 1.12. The molecular formula is C24H26ClNO5S. The van der Waals surface area contributed by atoms with E-state index in [4.69, 9.17) is 20.2 Å². The largest absolute Gasteiger partial charge is 0.467 e. The average molecular weight is 476 g/mol.